The van der Waals surface area contributed by atoms with Crippen molar-refractivity contribution in [2.75, 3.05) is 12.4 Å². The molecule has 164 valence electrons. The first kappa shape index (κ1) is 21.2. The molecule has 0 aliphatic carbocycles. The average Bonchev–Trinajstić information content (AvgIpc) is 3.41. The molecule has 0 aliphatic rings. The summed E-state index contributed by atoms with van der Waals surface area (Å²) in [4.78, 5) is 27.3. The highest BCUT2D eigenvalue weighted by molar-refractivity contribution is 6.21. The van der Waals surface area contributed by atoms with Gasteiger partial charge in [0.1, 0.15) is 17.1 Å². The maximum absolute atomic E-state index is 14.0. The van der Waals surface area contributed by atoms with Crippen molar-refractivity contribution in [2.45, 2.75) is 5.38 Å². The van der Waals surface area contributed by atoms with E-state index in [0.29, 0.717) is 0 Å². The van der Waals surface area contributed by atoms with Gasteiger partial charge in [-0.1, -0.05) is 0 Å². The minimum Gasteiger partial charge on any atom is -0.496 e. The van der Waals surface area contributed by atoms with Crippen molar-refractivity contribution >= 4 is 34.5 Å². The number of halogens is 3. The van der Waals surface area contributed by atoms with Crippen LogP contribution < -0.4 is 10.1 Å². The smallest absolute Gasteiger partial charge is 0.364 e. The highest BCUT2D eigenvalue weighted by Crippen LogP contribution is 2.35. The Morgan fingerprint density at radius 3 is 2.72 bits per heavy atom. The lowest BCUT2D eigenvalue weighted by Gasteiger charge is -2.11. The first-order valence-corrected chi connectivity index (χ1v) is 9.20. The number of amides is 1. The van der Waals surface area contributed by atoms with Gasteiger partial charge in [-0.2, -0.15) is 13.9 Å². The molecule has 0 spiro atoms. The number of alkyl halides is 3. The van der Waals surface area contributed by atoms with E-state index in [-0.39, 0.29) is 39.9 Å². The Bertz CT molecular complexity index is 1330. The molecule has 4 aromatic rings. The van der Waals surface area contributed by atoms with E-state index in [4.69, 9.17) is 20.8 Å². The lowest BCUT2D eigenvalue weighted by Crippen LogP contribution is -2.15. The van der Waals surface area contributed by atoms with Gasteiger partial charge in [-0.15, -0.1) is 0 Å². The van der Waals surface area contributed by atoms with Crippen LogP contribution in [0.5, 0.6) is 5.75 Å². The van der Waals surface area contributed by atoms with E-state index in [0.717, 1.165) is 16.6 Å². The van der Waals surface area contributed by atoms with Crippen molar-refractivity contribution in [1.82, 2.24) is 14.6 Å². The van der Waals surface area contributed by atoms with Crippen molar-refractivity contribution in [1.29, 1.82) is 0 Å². The SMILES string of the molecule is COc1cc(NC(=O)c2cc3nc(-c4ccco4)cc(C(F)(F)Cl)n3n2)cc([N+](=O)[O-])c1. The molecule has 0 radical (unpaired) electrons. The summed E-state index contributed by atoms with van der Waals surface area (Å²) >= 11 is 5.24. The molecule has 0 fully saturated rings. The Balaban J connectivity index is 1.75. The van der Waals surface area contributed by atoms with E-state index in [2.05, 4.69) is 15.4 Å². The lowest BCUT2D eigenvalue weighted by molar-refractivity contribution is -0.384. The lowest BCUT2D eigenvalue weighted by atomic mass is 10.2. The third kappa shape index (κ3) is 4.07. The second kappa shape index (κ2) is 7.89. The van der Waals surface area contributed by atoms with Crippen LogP contribution in [-0.4, -0.2) is 32.5 Å². The molecule has 1 N–H and O–H groups in total. The van der Waals surface area contributed by atoms with Crippen LogP contribution in [0, 0.1) is 10.1 Å². The topological polar surface area (TPSA) is 125 Å². The number of carbonyl (C=O) groups is 1. The van der Waals surface area contributed by atoms with Gasteiger partial charge in [-0.25, -0.2) is 9.50 Å². The zero-order valence-electron chi connectivity index (χ0n) is 16.1. The van der Waals surface area contributed by atoms with Crippen LogP contribution in [-0.2, 0) is 5.38 Å². The maximum atomic E-state index is 14.0. The third-order valence-electron chi connectivity index (χ3n) is 4.32. The number of nitrogens with zero attached hydrogens (tertiary/aromatic N) is 4. The van der Waals surface area contributed by atoms with E-state index in [1.807, 2.05) is 0 Å². The molecule has 0 saturated carbocycles. The minimum atomic E-state index is -3.82. The fourth-order valence-corrected chi connectivity index (χ4v) is 3.05. The quantitative estimate of drug-likeness (QED) is 0.254. The number of fused-ring (bicyclic) bond motifs is 1. The molecule has 0 saturated heterocycles. The van der Waals surface area contributed by atoms with Crippen LogP contribution in [0.3, 0.4) is 0 Å². The number of nitro groups is 1. The number of nitrogens with one attached hydrogen (secondary N) is 1. The first-order chi connectivity index (χ1) is 15.2. The number of anilines is 1. The molecule has 0 atom stereocenters. The van der Waals surface area contributed by atoms with Gasteiger partial charge in [0.05, 0.1) is 30.1 Å². The summed E-state index contributed by atoms with van der Waals surface area (Å²) in [6.45, 7) is 0. The van der Waals surface area contributed by atoms with Gasteiger partial charge in [-0.05, 0) is 29.8 Å². The highest BCUT2D eigenvalue weighted by Gasteiger charge is 2.33. The molecule has 0 unspecified atom stereocenters. The Morgan fingerprint density at radius 2 is 2.09 bits per heavy atom. The van der Waals surface area contributed by atoms with Gasteiger partial charge < -0.3 is 14.5 Å². The first-order valence-electron chi connectivity index (χ1n) is 8.82. The number of ether oxygens (including phenoxy) is 1. The van der Waals surface area contributed by atoms with Crippen LogP contribution in [0.15, 0.2) is 53.1 Å². The van der Waals surface area contributed by atoms with Crippen molar-refractivity contribution in [2.24, 2.45) is 0 Å². The molecule has 13 heteroatoms. The van der Waals surface area contributed by atoms with Crippen LogP contribution in [0.1, 0.15) is 16.2 Å². The Hall–Kier alpha value is -4.06. The van der Waals surface area contributed by atoms with Crippen LogP contribution in [0.25, 0.3) is 17.1 Å². The van der Waals surface area contributed by atoms with Crippen LogP contribution >= 0.6 is 11.6 Å². The number of hydrogen-bond acceptors (Lipinski definition) is 7. The number of rotatable bonds is 6. The van der Waals surface area contributed by atoms with E-state index in [1.54, 1.807) is 6.07 Å². The van der Waals surface area contributed by atoms with Gasteiger partial charge in [0.15, 0.2) is 17.1 Å². The number of nitro benzene ring substituents is 1. The van der Waals surface area contributed by atoms with E-state index in [1.165, 1.54) is 37.6 Å². The molecule has 1 amide bonds. The second-order valence-electron chi connectivity index (χ2n) is 6.43. The molecular formula is C19H12ClF2N5O5. The van der Waals surface area contributed by atoms with Crippen molar-refractivity contribution in [3.05, 3.63) is 70.2 Å². The van der Waals surface area contributed by atoms with Gasteiger partial charge in [0, 0.05) is 18.2 Å². The predicted octanol–water partition coefficient (Wildman–Crippen LogP) is 4.45. The molecule has 3 aromatic heterocycles. The summed E-state index contributed by atoms with van der Waals surface area (Å²) < 4.78 is 39.0. The second-order valence-corrected chi connectivity index (χ2v) is 6.91. The third-order valence-corrected chi connectivity index (χ3v) is 4.51. The van der Waals surface area contributed by atoms with Gasteiger partial charge in [0.25, 0.3) is 11.6 Å². The normalized spacial score (nSPS) is 11.5. The fourth-order valence-electron chi connectivity index (χ4n) is 2.91. The number of aromatic nitrogens is 3. The maximum Gasteiger partial charge on any atom is 0.364 e. The summed E-state index contributed by atoms with van der Waals surface area (Å²) in [7, 11) is 1.31. The number of methoxy groups -OCH3 is 1. The number of benzene rings is 1. The number of carbonyl (C=O) groups excluding carboxylic acids is 1. The van der Waals surface area contributed by atoms with Crippen LogP contribution in [0.2, 0.25) is 0 Å². The van der Waals surface area contributed by atoms with Crippen molar-refractivity contribution in [3.63, 3.8) is 0 Å². The summed E-state index contributed by atoms with van der Waals surface area (Å²) in [5.41, 5.74) is -1.30. The Kier molecular flexibility index (Phi) is 5.22. The standard InChI is InChI=1S/C19H12ClF2N5O5/c1-31-12-6-10(5-11(7-12)27(29)30)23-18(28)14-9-17-24-13(15-3-2-4-32-15)8-16(19(20,21)22)26(17)25-14/h2-9H,1H3,(H,23,28). The molecule has 3 heterocycles. The number of hydrogen-bond donors (Lipinski definition) is 1. The van der Waals surface area contributed by atoms with Crippen LogP contribution in [0.4, 0.5) is 20.2 Å². The summed E-state index contributed by atoms with van der Waals surface area (Å²) in [6, 6.07) is 8.89. The summed E-state index contributed by atoms with van der Waals surface area (Å²) in [5, 5.41) is 13.6. The highest BCUT2D eigenvalue weighted by atomic mass is 35.5. The number of non-ortho nitro benzene ring substituents is 1. The van der Waals surface area contributed by atoms with Crippen molar-refractivity contribution < 1.29 is 27.7 Å². The van der Waals surface area contributed by atoms with E-state index >= 15 is 0 Å². The molecule has 0 aliphatic heterocycles. The fraction of sp³-hybridized carbons (Fsp3) is 0.105. The zero-order chi connectivity index (χ0) is 23.0. The summed E-state index contributed by atoms with van der Waals surface area (Å²) in [6.07, 6.45) is 1.35. The molecule has 0 bridgehead atoms. The molecular weight excluding hydrogens is 452 g/mol. The monoisotopic (exact) mass is 463 g/mol. The predicted molar refractivity (Wildman–Crippen MR) is 108 cm³/mol. The molecule has 10 nitrogen and oxygen atoms in total. The Labute approximate surface area is 182 Å². The Morgan fingerprint density at radius 1 is 1.31 bits per heavy atom. The zero-order valence-corrected chi connectivity index (χ0v) is 16.8. The average molecular weight is 464 g/mol. The molecule has 32 heavy (non-hydrogen) atoms. The largest absolute Gasteiger partial charge is 0.496 e. The number of furan rings is 1. The summed E-state index contributed by atoms with van der Waals surface area (Å²) in [5.74, 6) is -0.467. The van der Waals surface area contributed by atoms with Crippen molar-refractivity contribution in [3.8, 4) is 17.2 Å². The van der Waals surface area contributed by atoms with E-state index in [9.17, 15) is 23.7 Å². The molecule has 1 aromatic carbocycles. The van der Waals surface area contributed by atoms with Gasteiger partial charge in [-0.3, -0.25) is 14.9 Å². The van der Waals surface area contributed by atoms with E-state index < -0.39 is 21.9 Å². The van der Waals surface area contributed by atoms with Gasteiger partial charge >= 0.3 is 5.38 Å². The van der Waals surface area contributed by atoms with Gasteiger partial charge in [0.2, 0.25) is 0 Å². The molecule has 4 rings (SSSR count). The minimum absolute atomic E-state index is 0.0465.